The van der Waals surface area contributed by atoms with Gasteiger partial charge in [-0.3, -0.25) is 9.78 Å². The summed E-state index contributed by atoms with van der Waals surface area (Å²) in [5, 5.41) is 11.4. The van der Waals surface area contributed by atoms with Crippen LogP contribution in [0, 0.1) is 12.8 Å². The van der Waals surface area contributed by atoms with Crippen LogP contribution in [0.3, 0.4) is 0 Å². The number of nitrogens with one attached hydrogen (secondary N) is 1. The first kappa shape index (κ1) is 15.9. The second-order valence-corrected chi connectivity index (χ2v) is 4.89. The van der Waals surface area contributed by atoms with E-state index in [2.05, 4.69) is 10.3 Å². The first-order valence-electron chi connectivity index (χ1n) is 6.54. The van der Waals surface area contributed by atoms with E-state index in [-0.39, 0.29) is 6.03 Å². The lowest BCUT2D eigenvalue weighted by molar-refractivity contribution is -0.141. The number of amides is 2. The average molecular weight is 279 g/mol. The van der Waals surface area contributed by atoms with Crippen LogP contribution in [0.5, 0.6) is 0 Å². The summed E-state index contributed by atoms with van der Waals surface area (Å²) in [7, 11) is 1.68. The number of urea groups is 1. The normalized spacial score (nSPS) is 11.8. The van der Waals surface area contributed by atoms with Gasteiger partial charge in [0.1, 0.15) is 0 Å². The number of aromatic nitrogens is 1. The third-order valence-electron chi connectivity index (χ3n) is 2.97. The van der Waals surface area contributed by atoms with Gasteiger partial charge in [-0.2, -0.15) is 0 Å². The Morgan fingerprint density at radius 2 is 2.15 bits per heavy atom. The molecular formula is C14H21N3O3. The molecule has 0 fully saturated rings. The van der Waals surface area contributed by atoms with Crippen LogP contribution in [-0.2, 0) is 11.3 Å². The van der Waals surface area contributed by atoms with E-state index in [1.54, 1.807) is 14.0 Å². The van der Waals surface area contributed by atoms with Gasteiger partial charge in [-0.15, -0.1) is 0 Å². The summed E-state index contributed by atoms with van der Waals surface area (Å²) in [6.45, 7) is 4.28. The number of hydrogen-bond acceptors (Lipinski definition) is 3. The highest BCUT2D eigenvalue weighted by Gasteiger charge is 2.13. The molecule has 1 rings (SSSR count). The van der Waals surface area contributed by atoms with Crippen LogP contribution >= 0.6 is 0 Å². The van der Waals surface area contributed by atoms with E-state index in [9.17, 15) is 9.59 Å². The molecule has 0 aliphatic carbocycles. The van der Waals surface area contributed by atoms with Gasteiger partial charge in [0.25, 0.3) is 0 Å². The predicted molar refractivity (Wildman–Crippen MR) is 75.3 cm³/mol. The maximum Gasteiger partial charge on any atom is 0.317 e. The van der Waals surface area contributed by atoms with Crippen LogP contribution in [0.15, 0.2) is 18.2 Å². The Morgan fingerprint density at radius 3 is 2.75 bits per heavy atom. The van der Waals surface area contributed by atoms with E-state index in [0.717, 1.165) is 11.4 Å². The molecule has 1 unspecified atom stereocenters. The van der Waals surface area contributed by atoms with Crippen molar-refractivity contribution in [1.82, 2.24) is 15.2 Å². The van der Waals surface area contributed by atoms with Gasteiger partial charge in [0.15, 0.2) is 0 Å². The zero-order valence-electron chi connectivity index (χ0n) is 12.1. The quantitative estimate of drug-likeness (QED) is 0.829. The summed E-state index contributed by atoms with van der Waals surface area (Å²) in [6.07, 6.45) is 0.414. The number of carboxylic acid groups (broad SMARTS) is 1. The average Bonchev–Trinajstić information content (AvgIpc) is 2.38. The summed E-state index contributed by atoms with van der Waals surface area (Å²) >= 11 is 0. The molecule has 0 saturated carbocycles. The van der Waals surface area contributed by atoms with Gasteiger partial charge in [-0.1, -0.05) is 13.0 Å². The highest BCUT2D eigenvalue weighted by molar-refractivity contribution is 5.74. The Kier molecular flexibility index (Phi) is 5.96. The zero-order chi connectivity index (χ0) is 15.1. The van der Waals surface area contributed by atoms with Gasteiger partial charge in [-0.25, -0.2) is 4.79 Å². The van der Waals surface area contributed by atoms with Crippen molar-refractivity contribution in [3.63, 3.8) is 0 Å². The SMILES string of the molecule is Cc1cccc(CN(C)C(=O)NCCC(C)C(=O)O)n1. The number of aliphatic carboxylic acids is 1. The monoisotopic (exact) mass is 279 g/mol. The van der Waals surface area contributed by atoms with Crippen molar-refractivity contribution in [2.45, 2.75) is 26.8 Å². The van der Waals surface area contributed by atoms with Crippen molar-refractivity contribution in [2.24, 2.45) is 5.92 Å². The van der Waals surface area contributed by atoms with Gasteiger partial charge < -0.3 is 15.3 Å². The lowest BCUT2D eigenvalue weighted by Crippen LogP contribution is -2.38. The molecule has 0 aliphatic heterocycles. The highest BCUT2D eigenvalue weighted by atomic mass is 16.4. The summed E-state index contributed by atoms with van der Waals surface area (Å²) in [5.41, 5.74) is 1.73. The van der Waals surface area contributed by atoms with Crippen LogP contribution in [0.1, 0.15) is 24.7 Å². The van der Waals surface area contributed by atoms with Crippen molar-refractivity contribution in [3.05, 3.63) is 29.6 Å². The van der Waals surface area contributed by atoms with E-state index in [1.807, 2.05) is 25.1 Å². The number of hydrogen-bond donors (Lipinski definition) is 2. The van der Waals surface area contributed by atoms with Gasteiger partial charge in [0, 0.05) is 19.3 Å². The molecule has 1 heterocycles. The summed E-state index contributed by atoms with van der Waals surface area (Å²) in [6, 6.07) is 5.43. The number of rotatable bonds is 6. The largest absolute Gasteiger partial charge is 0.481 e. The number of carbonyl (C=O) groups excluding carboxylic acids is 1. The summed E-state index contributed by atoms with van der Waals surface area (Å²) < 4.78 is 0. The minimum atomic E-state index is -0.850. The molecule has 1 atom stereocenters. The minimum Gasteiger partial charge on any atom is -0.481 e. The van der Waals surface area contributed by atoms with Gasteiger partial charge >= 0.3 is 12.0 Å². The molecule has 2 N–H and O–H groups in total. The molecule has 0 aliphatic rings. The highest BCUT2D eigenvalue weighted by Crippen LogP contribution is 2.03. The van der Waals surface area contributed by atoms with E-state index >= 15 is 0 Å². The van der Waals surface area contributed by atoms with Gasteiger partial charge in [0.05, 0.1) is 18.2 Å². The molecule has 6 heteroatoms. The van der Waals surface area contributed by atoms with Gasteiger partial charge in [0.2, 0.25) is 0 Å². The smallest absolute Gasteiger partial charge is 0.317 e. The third kappa shape index (κ3) is 5.26. The fraction of sp³-hybridized carbons (Fsp3) is 0.500. The molecule has 2 amide bonds. The maximum absolute atomic E-state index is 11.8. The molecule has 1 aromatic heterocycles. The van der Waals surface area contributed by atoms with E-state index < -0.39 is 11.9 Å². The Morgan fingerprint density at radius 1 is 1.45 bits per heavy atom. The van der Waals surface area contributed by atoms with Crippen LogP contribution in [0.25, 0.3) is 0 Å². The second-order valence-electron chi connectivity index (χ2n) is 4.89. The van der Waals surface area contributed by atoms with Crippen molar-refractivity contribution in [3.8, 4) is 0 Å². The van der Waals surface area contributed by atoms with Crippen molar-refractivity contribution < 1.29 is 14.7 Å². The Hall–Kier alpha value is -2.11. The van der Waals surface area contributed by atoms with Crippen molar-refractivity contribution in [1.29, 1.82) is 0 Å². The molecule has 0 bridgehead atoms. The number of nitrogens with zero attached hydrogens (tertiary/aromatic N) is 2. The molecule has 1 aromatic rings. The second kappa shape index (κ2) is 7.47. The molecule has 20 heavy (non-hydrogen) atoms. The standard InChI is InChI=1S/C14H21N3O3/c1-10(13(18)19)7-8-15-14(20)17(3)9-12-6-4-5-11(2)16-12/h4-6,10H,7-9H2,1-3H3,(H,15,20)(H,18,19). The van der Waals surface area contributed by atoms with E-state index in [4.69, 9.17) is 5.11 Å². The number of carboxylic acids is 1. The molecule has 0 spiro atoms. The minimum absolute atomic E-state index is 0.231. The van der Waals surface area contributed by atoms with Crippen LogP contribution in [0.4, 0.5) is 4.79 Å². The zero-order valence-corrected chi connectivity index (χ0v) is 12.1. The van der Waals surface area contributed by atoms with Crippen molar-refractivity contribution in [2.75, 3.05) is 13.6 Å². The van der Waals surface area contributed by atoms with Gasteiger partial charge in [-0.05, 0) is 25.5 Å². The van der Waals surface area contributed by atoms with E-state index in [1.165, 1.54) is 4.90 Å². The molecule has 0 radical (unpaired) electrons. The van der Waals surface area contributed by atoms with Crippen LogP contribution in [-0.4, -0.2) is 40.6 Å². The summed E-state index contributed by atoms with van der Waals surface area (Å²) in [5.74, 6) is -1.31. The first-order chi connectivity index (χ1) is 9.40. The summed E-state index contributed by atoms with van der Waals surface area (Å²) in [4.78, 5) is 28.3. The Bertz CT molecular complexity index is 476. The molecule has 110 valence electrons. The first-order valence-corrected chi connectivity index (χ1v) is 6.54. The molecular weight excluding hydrogens is 258 g/mol. The van der Waals surface area contributed by atoms with Crippen molar-refractivity contribution >= 4 is 12.0 Å². The van der Waals surface area contributed by atoms with E-state index in [0.29, 0.717) is 19.5 Å². The number of carbonyl (C=O) groups is 2. The van der Waals surface area contributed by atoms with Crippen LogP contribution < -0.4 is 5.32 Å². The molecule has 6 nitrogen and oxygen atoms in total. The fourth-order valence-corrected chi connectivity index (χ4v) is 1.66. The number of pyridine rings is 1. The van der Waals surface area contributed by atoms with Crippen LogP contribution in [0.2, 0.25) is 0 Å². The topological polar surface area (TPSA) is 82.5 Å². The Balaban J connectivity index is 2.38. The predicted octanol–water partition coefficient (Wildman–Crippen LogP) is 1.64. The maximum atomic E-state index is 11.8. The fourth-order valence-electron chi connectivity index (χ4n) is 1.66. The third-order valence-corrected chi connectivity index (χ3v) is 2.97. The molecule has 0 saturated heterocycles. The Labute approximate surface area is 118 Å². The lowest BCUT2D eigenvalue weighted by Gasteiger charge is -2.18. The lowest BCUT2D eigenvalue weighted by atomic mass is 10.1. The number of aryl methyl sites for hydroxylation is 1. The molecule has 0 aromatic carbocycles.